The molecule has 4 nitrogen and oxygen atoms in total. The highest BCUT2D eigenvalue weighted by Gasteiger charge is 2.23. The summed E-state index contributed by atoms with van der Waals surface area (Å²) in [5.41, 5.74) is 2.61. The Morgan fingerprint density at radius 3 is 2.30 bits per heavy atom. The number of hydrogen-bond donors (Lipinski definition) is 0. The van der Waals surface area contributed by atoms with Crippen LogP contribution in [0.25, 0.3) is 0 Å². The number of aryl methyl sites for hydroxylation is 2. The summed E-state index contributed by atoms with van der Waals surface area (Å²) in [7, 11) is 1.69. The zero-order chi connectivity index (χ0) is 14.9. The number of anilines is 2. The van der Waals surface area contributed by atoms with Gasteiger partial charge in [-0.15, -0.1) is 0 Å². The van der Waals surface area contributed by atoms with Crippen LogP contribution >= 0.6 is 0 Å². The van der Waals surface area contributed by atoms with Crippen molar-refractivity contribution in [2.75, 3.05) is 11.9 Å². The number of nitro groups is 1. The minimum Gasteiger partial charge on any atom is -0.339 e. The molecule has 0 spiro atoms. The van der Waals surface area contributed by atoms with Crippen LogP contribution in [-0.2, 0) is 0 Å². The Kier molecular flexibility index (Phi) is 3.70. The van der Waals surface area contributed by atoms with E-state index in [1.54, 1.807) is 18.0 Å². The summed E-state index contributed by atoms with van der Waals surface area (Å²) < 4.78 is 13.7. The van der Waals surface area contributed by atoms with E-state index in [1.165, 1.54) is 6.07 Å². The summed E-state index contributed by atoms with van der Waals surface area (Å²) in [4.78, 5) is 12.0. The van der Waals surface area contributed by atoms with Crippen LogP contribution in [0.1, 0.15) is 11.1 Å². The molecular formula is C15H15FN2O2. The van der Waals surface area contributed by atoms with Crippen LogP contribution in [0.4, 0.5) is 21.5 Å². The first-order chi connectivity index (χ1) is 9.40. The molecule has 0 aliphatic heterocycles. The van der Waals surface area contributed by atoms with E-state index in [1.807, 2.05) is 32.0 Å². The molecule has 0 fully saturated rings. The predicted molar refractivity (Wildman–Crippen MR) is 77.0 cm³/mol. The molecule has 0 aliphatic rings. The molecule has 0 aliphatic carbocycles. The zero-order valence-corrected chi connectivity index (χ0v) is 11.6. The van der Waals surface area contributed by atoms with Crippen molar-refractivity contribution in [1.29, 1.82) is 0 Å². The van der Waals surface area contributed by atoms with Crippen LogP contribution in [0, 0.1) is 29.8 Å². The average molecular weight is 274 g/mol. The third kappa shape index (κ3) is 2.61. The summed E-state index contributed by atoms with van der Waals surface area (Å²) in [5.74, 6) is -0.830. The topological polar surface area (TPSA) is 46.4 Å². The molecule has 2 aromatic carbocycles. The molecule has 104 valence electrons. The Hall–Kier alpha value is -2.43. The zero-order valence-electron chi connectivity index (χ0n) is 11.6. The number of nitrogens with zero attached hydrogens (tertiary/aromatic N) is 2. The second-order valence-electron chi connectivity index (χ2n) is 4.77. The lowest BCUT2D eigenvalue weighted by molar-refractivity contribution is -0.386. The molecule has 0 unspecified atom stereocenters. The van der Waals surface area contributed by atoms with Gasteiger partial charge in [-0.3, -0.25) is 10.1 Å². The maximum Gasteiger partial charge on any atom is 0.328 e. The summed E-state index contributed by atoms with van der Waals surface area (Å²) >= 11 is 0. The van der Waals surface area contributed by atoms with Gasteiger partial charge in [-0.1, -0.05) is 12.1 Å². The lowest BCUT2D eigenvalue weighted by atomic mass is 10.1. The van der Waals surface area contributed by atoms with Gasteiger partial charge >= 0.3 is 5.69 Å². The first kappa shape index (κ1) is 14.0. The number of halogens is 1. The van der Waals surface area contributed by atoms with Gasteiger partial charge in [0.1, 0.15) is 5.69 Å². The van der Waals surface area contributed by atoms with E-state index in [9.17, 15) is 14.5 Å². The normalized spacial score (nSPS) is 10.4. The molecule has 2 rings (SSSR count). The Bertz CT molecular complexity index is 651. The van der Waals surface area contributed by atoms with Crippen molar-refractivity contribution in [3.05, 3.63) is 63.5 Å². The van der Waals surface area contributed by atoms with Gasteiger partial charge in [0.2, 0.25) is 5.82 Å². The van der Waals surface area contributed by atoms with Gasteiger partial charge in [0.15, 0.2) is 0 Å². The van der Waals surface area contributed by atoms with Crippen LogP contribution < -0.4 is 4.90 Å². The molecule has 0 radical (unpaired) electrons. The first-order valence-corrected chi connectivity index (χ1v) is 6.15. The number of rotatable bonds is 3. The number of nitro benzene ring substituents is 1. The monoisotopic (exact) mass is 274 g/mol. The van der Waals surface area contributed by atoms with E-state index in [0.29, 0.717) is 0 Å². The quantitative estimate of drug-likeness (QED) is 0.624. The van der Waals surface area contributed by atoms with Crippen LogP contribution in [0.2, 0.25) is 0 Å². The molecule has 0 amide bonds. The smallest absolute Gasteiger partial charge is 0.328 e. The number of benzene rings is 2. The van der Waals surface area contributed by atoms with Crippen LogP contribution in [0.15, 0.2) is 36.4 Å². The predicted octanol–water partition coefficient (Wildman–Crippen LogP) is 4.12. The van der Waals surface area contributed by atoms with Gasteiger partial charge in [-0.2, -0.15) is 4.39 Å². The molecule has 0 heterocycles. The van der Waals surface area contributed by atoms with Crippen LogP contribution in [0.5, 0.6) is 0 Å². The van der Waals surface area contributed by atoms with E-state index < -0.39 is 16.4 Å². The highest BCUT2D eigenvalue weighted by molar-refractivity contribution is 5.72. The van der Waals surface area contributed by atoms with E-state index in [-0.39, 0.29) is 5.69 Å². The Morgan fingerprint density at radius 2 is 1.75 bits per heavy atom. The van der Waals surface area contributed by atoms with E-state index >= 15 is 0 Å². The molecule has 0 atom stereocenters. The van der Waals surface area contributed by atoms with Gasteiger partial charge in [0.05, 0.1) is 4.92 Å². The minimum absolute atomic E-state index is 0.236. The lowest BCUT2D eigenvalue weighted by Crippen LogP contribution is -2.12. The highest BCUT2D eigenvalue weighted by Crippen LogP contribution is 2.34. The summed E-state index contributed by atoms with van der Waals surface area (Å²) in [6, 6.07) is 9.92. The van der Waals surface area contributed by atoms with Crippen molar-refractivity contribution in [3.63, 3.8) is 0 Å². The van der Waals surface area contributed by atoms with Gasteiger partial charge in [-0.25, -0.2) is 0 Å². The van der Waals surface area contributed by atoms with Crippen molar-refractivity contribution in [1.82, 2.24) is 0 Å². The van der Waals surface area contributed by atoms with E-state index in [4.69, 9.17) is 0 Å². The van der Waals surface area contributed by atoms with Crippen molar-refractivity contribution >= 4 is 17.1 Å². The fourth-order valence-electron chi connectivity index (χ4n) is 2.24. The van der Waals surface area contributed by atoms with Crippen molar-refractivity contribution in [3.8, 4) is 0 Å². The van der Waals surface area contributed by atoms with E-state index in [2.05, 4.69) is 0 Å². The van der Waals surface area contributed by atoms with Crippen molar-refractivity contribution < 1.29 is 9.31 Å². The molecule has 0 saturated heterocycles. The maximum atomic E-state index is 13.7. The Labute approximate surface area is 116 Å². The molecule has 2 aromatic rings. The molecule has 20 heavy (non-hydrogen) atoms. The SMILES string of the molecule is Cc1cc(C)cc(N(C)c2cccc(F)c2[N+](=O)[O-])c1. The van der Waals surface area contributed by atoms with Crippen molar-refractivity contribution in [2.24, 2.45) is 0 Å². The van der Waals surface area contributed by atoms with Gasteiger partial charge in [0, 0.05) is 12.7 Å². The molecule has 5 heteroatoms. The Balaban J connectivity index is 2.56. The van der Waals surface area contributed by atoms with E-state index in [0.717, 1.165) is 22.9 Å². The average Bonchev–Trinajstić information content (AvgIpc) is 2.35. The minimum atomic E-state index is -0.830. The summed E-state index contributed by atoms with van der Waals surface area (Å²) in [6.45, 7) is 3.90. The first-order valence-electron chi connectivity index (χ1n) is 6.15. The molecule has 0 N–H and O–H groups in total. The molecular weight excluding hydrogens is 259 g/mol. The standard InChI is InChI=1S/C15H15FN2O2/c1-10-7-11(2)9-12(8-10)17(3)14-6-4-5-13(16)15(14)18(19)20/h4-9H,1-3H3. The second kappa shape index (κ2) is 5.28. The third-order valence-corrected chi connectivity index (χ3v) is 3.10. The largest absolute Gasteiger partial charge is 0.339 e. The molecule has 0 saturated carbocycles. The highest BCUT2D eigenvalue weighted by atomic mass is 19.1. The molecule has 0 bridgehead atoms. The second-order valence-corrected chi connectivity index (χ2v) is 4.77. The maximum absolute atomic E-state index is 13.7. The van der Waals surface area contributed by atoms with Gasteiger partial charge in [0.25, 0.3) is 0 Å². The molecule has 0 aromatic heterocycles. The summed E-state index contributed by atoms with van der Waals surface area (Å²) in [5, 5.41) is 11.1. The van der Waals surface area contributed by atoms with Gasteiger partial charge < -0.3 is 4.90 Å². The Morgan fingerprint density at radius 1 is 1.15 bits per heavy atom. The van der Waals surface area contributed by atoms with Crippen LogP contribution in [-0.4, -0.2) is 12.0 Å². The van der Waals surface area contributed by atoms with Crippen LogP contribution in [0.3, 0.4) is 0 Å². The fourth-order valence-corrected chi connectivity index (χ4v) is 2.24. The summed E-state index contributed by atoms with van der Waals surface area (Å²) in [6.07, 6.45) is 0. The number of para-hydroxylation sites is 1. The van der Waals surface area contributed by atoms with Crippen molar-refractivity contribution in [2.45, 2.75) is 13.8 Å². The van der Waals surface area contributed by atoms with Gasteiger partial charge in [-0.05, 0) is 49.2 Å². The number of hydrogen-bond acceptors (Lipinski definition) is 3. The lowest BCUT2D eigenvalue weighted by Gasteiger charge is -2.20. The third-order valence-electron chi connectivity index (χ3n) is 3.10. The fraction of sp³-hybridized carbons (Fsp3) is 0.200.